The molecule has 18 heavy (non-hydrogen) atoms. The molecule has 1 aromatic carbocycles. The Morgan fingerprint density at radius 3 is 2.50 bits per heavy atom. The molecule has 100 valence electrons. The average molecular weight is 246 g/mol. The maximum absolute atomic E-state index is 10.9. The number of hydrogen-bond donors (Lipinski definition) is 1. The van der Waals surface area contributed by atoms with Crippen molar-refractivity contribution in [2.45, 2.75) is 63.9 Å². The number of rotatable bonds is 2. The van der Waals surface area contributed by atoms with Crippen LogP contribution >= 0.6 is 0 Å². The van der Waals surface area contributed by atoms with Crippen LogP contribution in [0.25, 0.3) is 0 Å². The van der Waals surface area contributed by atoms with E-state index in [1.165, 1.54) is 31.2 Å². The molecule has 1 nitrogen and oxygen atoms in total. The van der Waals surface area contributed by atoms with Crippen molar-refractivity contribution in [2.24, 2.45) is 5.92 Å². The minimum absolute atomic E-state index is 0.425. The summed E-state index contributed by atoms with van der Waals surface area (Å²) in [4.78, 5) is 0. The van der Waals surface area contributed by atoms with Gasteiger partial charge in [-0.2, -0.15) is 0 Å². The van der Waals surface area contributed by atoms with Crippen LogP contribution in [0.15, 0.2) is 30.3 Å². The van der Waals surface area contributed by atoms with Gasteiger partial charge in [0.15, 0.2) is 0 Å². The second kappa shape index (κ2) is 5.88. The first-order valence-electron chi connectivity index (χ1n) is 7.43. The standard InChI is InChI=1S/C17H26O/c1-3-17(18)13-16(12-8-7-9-14(17)2)15-10-5-4-6-11-15/h4-6,10-11,14,16,18H,3,7-9,12-13H2,1-2H3/t14-,16+,17-/m1/s1. The van der Waals surface area contributed by atoms with E-state index in [4.69, 9.17) is 0 Å². The Morgan fingerprint density at radius 1 is 1.17 bits per heavy atom. The number of aliphatic hydroxyl groups is 1. The molecule has 0 radical (unpaired) electrons. The molecule has 0 amide bonds. The summed E-state index contributed by atoms with van der Waals surface area (Å²) in [6, 6.07) is 10.7. The normalized spacial score (nSPS) is 33.7. The molecule has 0 bridgehead atoms. The summed E-state index contributed by atoms with van der Waals surface area (Å²) in [6.45, 7) is 4.34. The van der Waals surface area contributed by atoms with E-state index in [2.05, 4.69) is 44.2 Å². The minimum atomic E-state index is -0.471. The zero-order chi connectivity index (χ0) is 13.0. The van der Waals surface area contributed by atoms with Gasteiger partial charge >= 0.3 is 0 Å². The predicted octanol–water partition coefficient (Wildman–Crippen LogP) is 4.51. The fourth-order valence-electron chi connectivity index (χ4n) is 3.34. The molecule has 1 aliphatic carbocycles. The van der Waals surface area contributed by atoms with Gasteiger partial charge in [0.25, 0.3) is 0 Å². The maximum atomic E-state index is 10.9. The monoisotopic (exact) mass is 246 g/mol. The Hall–Kier alpha value is -0.820. The first-order valence-corrected chi connectivity index (χ1v) is 7.43. The van der Waals surface area contributed by atoms with Crippen molar-refractivity contribution in [3.05, 3.63) is 35.9 Å². The highest BCUT2D eigenvalue weighted by Crippen LogP contribution is 2.40. The molecule has 1 heteroatoms. The molecule has 1 aromatic rings. The van der Waals surface area contributed by atoms with E-state index >= 15 is 0 Å². The molecule has 0 saturated heterocycles. The minimum Gasteiger partial charge on any atom is -0.390 e. The van der Waals surface area contributed by atoms with Crippen molar-refractivity contribution in [3.8, 4) is 0 Å². The third-order valence-corrected chi connectivity index (χ3v) is 4.84. The van der Waals surface area contributed by atoms with Crippen molar-refractivity contribution < 1.29 is 5.11 Å². The first kappa shape index (κ1) is 13.6. The zero-order valence-corrected chi connectivity index (χ0v) is 11.7. The van der Waals surface area contributed by atoms with Gasteiger partial charge in [-0.15, -0.1) is 0 Å². The molecule has 0 unspecified atom stereocenters. The Bertz CT molecular complexity index is 359. The highest BCUT2D eigenvalue weighted by atomic mass is 16.3. The van der Waals surface area contributed by atoms with Gasteiger partial charge in [-0.05, 0) is 43.1 Å². The topological polar surface area (TPSA) is 20.2 Å². The van der Waals surface area contributed by atoms with Gasteiger partial charge < -0.3 is 5.11 Å². The number of benzene rings is 1. The van der Waals surface area contributed by atoms with Crippen molar-refractivity contribution >= 4 is 0 Å². The van der Waals surface area contributed by atoms with Crippen molar-refractivity contribution in [3.63, 3.8) is 0 Å². The third-order valence-electron chi connectivity index (χ3n) is 4.84. The van der Waals surface area contributed by atoms with Crippen LogP contribution < -0.4 is 0 Å². The summed E-state index contributed by atoms with van der Waals surface area (Å²) in [5, 5.41) is 10.9. The lowest BCUT2D eigenvalue weighted by Crippen LogP contribution is -2.38. The third kappa shape index (κ3) is 2.95. The van der Waals surface area contributed by atoms with E-state index in [1.807, 2.05) is 0 Å². The molecule has 1 fully saturated rings. The Kier molecular flexibility index (Phi) is 4.45. The molecule has 0 aromatic heterocycles. The summed E-state index contributed by atoms with van der Waals surface area (Å²) in [7, 11) is 0. The Balaban J connectivity index is 2.20. The lowest BCUT2D eigenvalue weighted by molar-refractivity contribution is -0.0377. The smallest absolute Gasteiger partial charge is 0.0676 e. The Labute approximate surface area is 111 Å². The van der Waals surface area contributed by atoms with Crippen LogP contribution in [0.4, 0.5) is 0 Å². The molecule has 1 aliphatic rings. The van der Waals surface area contributed by atoms with Gasteiger partial charge in [0, 0.05) is 0 Å². The van der Waals surface area contributed by atoms with Crippen LogP contribution in [0.1, 0.15) is 63.9 Å². The summed E-state index contributed by atoms with van der Waals surface area (Å²) >= 11 is 0. The summed E-state index contributed by atoms with van der Waals surface area (Å²) in [5.41, 5.74) is 0.930. The van der Waals surface area contributed by atoms with E-state index in [-0.39, 0.29) is 0 Å². The molecule has 0 spiro atoms. The van der Waals surface area contributed by atoms with Crippen LogP contribution in [0.3, 0.4) is 0 Å². The molecule has 1 saturated carbocycles. The highest BCUT2D eigenvalue weighted by Gasteiger charge is 2.35. The van der Waals surface area contributed by atoms with Crippen molar-refractivity contribution in [1.82, 2.24) is 0 Å². The lowest BCUT2D eigenvalue weighted by atomic mass is 9.72. The summed E-state index contributed by atoms with van der Waals surface area (Å²) in [6.07, 6.45) is 6.74. The molecular formula is C17H26O. The maximum Gasteiger partial charge on any atom is 0.0676 e. The first-order chi connectivity index (χ1) is 8.65. The largest absolute Gasteiger partial charge is 0.390 e. The molecule has 3 atom stereocenters. The fraction of sp³-hybridized carbons (Fsp3) is 0.647. The number of hydrogen-bond acceptors (Lipinski definition) is 1. The molecule has 1 N–H and O–H groups in total. The van der Waals surface area contributed by atoms with E-state index in [1.54, 1.807) is 0 Å². The van der Waals surface area contributed by atoms with Gasteiger partial charge in [-0.1, -0.05) is 57.0 Å². The summed E-state index contributed by atoms with van der Waals surface area (Å²) in [5.74, 6) is 0.952. The van der Waals surface area contributed by atoms with Gasteiger partial charge in [0.05, 0.1) is 5.60 Å². The fourth-order valence-corrected chi connectivity index (χ4v) is 3.34. The van der Waals surface area contributed by atoms with Crippen LogP contribution in [0.2, 0.25) is 0 Å². The summed E-state index contributed by atoms with van der Waals surface area (Å²) < 4.78 is 0. The predicted molar refractivity (Wildman–Crippen MR) is 76.7 cm³/mol. The highest BCUT2D eigenvalue weighted by molar-refractivity contribution is 5.20. The van der Waals surface area contributed by atoms with E-state index in [0.29, 0.717) is 11.8 Å². The van der Waals surface area contributed by atoms with E-state index < -0.39 is 5.60 Å². The van der Waals surface area contributed by atoms with E-state index in [9.17, 15) is 5.11 Å². The van der Waals surface area contributed by atoms with Crippen LogP contribution in [-0.2, 0) is 0 Å². The molecule has 0 heterocycles. The quantitative estimate of drug-likeness (QED) is 0.814. The van der Waals surface area contributed by atoms with Gasteiger partial charge in [-0.3, -0.25) is 0 Å². The molecular weight excluding hydrogens is 220 g/mol. The van der Waals surface area contributed by atoms with Gasteiger partial charge in [0.1, 0.15) is 0 Å². The molecule has 0 aliphatic heterocycles. The second-order valence-electron chi connectivity index (χ2n) is 5.95. The van der Waals surface area contributed by atoms with Crippen LogP contribution in [0, 0.1) is 5.92 Å². The average Bonchev–Trinajstić information content (AvgIpc) is 2.41. The van der Waals surface area contributed by atoms with Crippen molar-refractivity contribution in [1.29, 1.82) is 0 Å². The lowest BCUT2D eigenvalue weighted by Gasteiger charge is -2.38. The van der Waals surface area contributed by atoms with Crippen LogP contribution in [-0.4, -0.2) is 10.7 Å². The van der Waals surface area contributed by atoms with Gasteiger partial charge in [-0.25, -0.2) is 0 Å². The van der Waals surface area contributed by atoms with Gasteiger partial charge in [0.2, 0.25) is 0 Å². The van der Waals surface area contributed by atoms with E-state index in [0.717, 1.165) is 12.8 Å². The van der Waals surface area contributed by atoms with Crippen LogP contribution in [0.5, 0.6) is 0 Å². The van der Waals surface area contributed by atoms with Crippen molar-refractivity contribution in [2.75, 3.05) is 0 Å². The molecule has 2 rings (SSSR count). The zero-order valence-electron chi connectivity index (χ0n) is 11.7. The Morgan fingerprint density at radius 2 is 1.83 bits per heavy atom. The SMILES string of the molecule is CC[C@@]1(O)C[C@@H](c2ccccc2)CCCC[C@H]1C. The second-order valence-corrected chi connectivity index (χ2v) is 5.95.